The molecule has 0 bridgehead atoms. The fourth-order valence-electron chi connectivity index (χ4n) is 2.94. The number of rotatable bonds is 7. The molecule has 0 radical (unpaired) electrons. The van der Waals surface area contributed by atoms with Gasteiger partial charge in [-0.25, -0.2) is 9.97 Å². The van der Waals surface area contributed by atoms with E-state index in [1.54, 1.807) is 0 Å². The molecule has 1 heterocycles. The first-order chi connectivity index (χ1) is 10.2. The smallest absolute Gasteiger partial charge is 0.135 e. The summed E-state index contributed by atoms with van der Waals surface area (Å²) in [6, 6.07) is 2.52. The average molecular weight is 292 g/mol. The number of hydrogen-bond acceptors (Lipinski definition) is 5. The molecule has 0 aliphatic heterocycles. The first-order valence-corrected chi connectivity index (χ1v) is 8.16. The Hall–Kier alpha value is -1.36. The van der Waals surface area contributed by atoms with Gasteiger partial charge in [-0.3, -0.25) is 0 Å². The maximum Gasteiger partial charge on any atom is 0.135 e. The number of nitrogens with zero attached hydrogens (tertiary/aromatic N) is 3. The lowest BCUT2D eigenvalue weighted by molar-refractivity contribution is 0.296. The van der Waals surface area contributed by atoms with E-state index in [1.165, 1.54) is 25.7 Å². The van der Waals surface area contributed by atoms with Gasteiger partial charge >= 0.3 is 0 Å². The topological polar surface area (TPSA) is 61.3 Å². The lowest BCUT2D eigenvalue weighted by atomic mass is 10.2. The molecule has 0 saturated heterocycles. The summed E-state index contributed by atoms with van der Waals surface area (Å²) in [6.45, 7) is 7.94. The Morgan fingerprint density at radius 1 is 1.33 bits per heavy atom. The third-order valence-electron chi connectivity index (χ3n) is 4.00. The molecule has 1 aromatic rings. The van der Waals surface area contributed by atoms with Crippen molar-refractivity contribution < 1.29 is 5.11 Å². The van der Waals surface area contributed by atoms with Gasteiger partial charge in [0.15, 0.2) is 0 Å². The summed E-state index contributed by atoms with van der Waals surface area (Å²) in [4.78, 5) is 11.6. The van der Waals surface area contributed by atoms with Gasteiger partial charge in [0.2, 0.25) is 0 Å². The van der Waals surface area contributed by atoms with Crippen molar-refractivity contribution in [2.45, 2.75) is 58.4 Å². The molecule has 118 valence electrons. The predicted octanol–water partition coefficient (Wildman–Crippen LogP) is 2.77. The summed E-state index contributed by atoms with van der Waals surface area (Å²) in [5.74, 6) is 2.99. The van der Waals surface area contributed by atoms with Crippen LogP contribution >= 0.6 is 0 Å². The predicted molar refractivity (Wildman–Crippen MR) is 87.0 cm³/mol. The van der Waals surface area contributed by atoms with Crippen molar-refractivity contribution in [2.24, 2.45) is 0 Å². The first kappa shape index (κ1) is 16.0. The molecule has 2 rings (SSSR count). The summed E-state index contributed by atoms with van der Waals surface area (Å²) in [7, 11) is 0. The van der Waals surface area contributed by atoms with Crippen LogP contribution in [0.15, 0.2) is 6.07 Å². The number of anilines is 2. The van der Waals surface area contributed by atoms with E-state index in [-0.39, 0.29) is 6.61 Å². The zero-order chi connectivity index (χ0) is 15.2. The van der Waals surface area contributed by atoms with Crippen LogP contribution in [0, 0.1) is 0 Å². The van der Waals surface area contributed by atoms with Gasteiger partial charge in [-0.2, -0.15) is 0 Å². The normalized spacial score (nSPS) is 15.7. The molecule has 0 amide bonds. The molecule has 0 aromatic carbocycles. The van der Waals surface area contributed by atoms with Gasteiger partial charge in [0.1, 0.15) is 17.5 Å². The number of aromatic nitrogens is 2. The number of aliphatic hydroxyl groups excluding tert-OH is 1. The fraction of sp³-hybridized carbons (Fsp3) is 0.750. The van der Waals surface area contributed by atoms with Crippen LogP contribution in [0.1, 0.15) is 58.2 Å². The molecule has 0 unspecified atom stereocenters. The van der Waals surface area contributed by atoms with Gasteiger partial charge in [-0.15, -0.1) is 0 Å². The molecular formula is C16H28N4O. The van der Waals surface area contributed by atoms with E-state index in [0.717, 1.165) is 24.0 Å². The zero-order valence-corrected chi connectivity index (χ0v) is 13.5. The van der Waals surface area contributed by atoms with Gasteiger partial charge in [-0.1, -0.05) is 26.7 Å². The number of nitrogens with one attached hydrogen (secondary N) is 1. The van der Waals surface area contributed by atoms with Crippen molar-refractivity contribution in [2.75, 3.05) is 29.9 Å². The van der Waals surface area contributed by atoms with Crippen LogP contribution in [-0.2, 0) is 0 Å². The van der Waals surface area contributed by atoms with Crippen LogP contribution in [0.2, 0.25) is 0 Å². The summed E-state index contributed by atoms with van der Waals surface area (Å²) in [5.41, 5.74) is 0. The zero-order valence-electron chi connectivity index (χ0n) is 13.5. The van der Waals surface area contributed by atoms with Gasteiger partial charge < -0.3 is 15.3 Å². The summed E-state index contributed by atoms with van der Waals surface area (Å²) < 4.78 is 0. The maximum atomic E-state index is 9.41. The number of hydrogen-bond donors (Lipinski definition) is 2. The highest BCUT2D eigenvalue weighted by molar-refractivity contribution is 5.50. The van der Waals surface area contributed by atoms with E-state index < -0.39 is 0 Å². The van der Waals surface area contributed by atoms with Gasteiger partial charge in [0, 0.05) is 31.1 Å². The Morgan fingerprint density at radius 3 is 2.62 bits per heavy atom. The summed E-state index contributed by atoms with van der Waals surface area (Å²) in [5, 5.41) is 12.7. The summed E-state index contributed by atoms with van der Waals surface area (Å²) in [6.07, 6.45) is 4.93. The molecule has 1 saturated carbocycles. The lowest BCUT2D eigenvalue weighted by Crippen LogP contribution is -2.36. The standard InChI is InChI=1S/C16H28N4O/c1-4-17-14-11-15(19-16(18-14)12(2)3)20(9-10-21)13-7-5-6-8-13/h11-13,21H,4-10H2,1-3H3,(H,17,18,19). The molecule has 1 aliphatic carbocycles. The van der Waals surface area contributed by atoms with E-state index in [2.05, 4.69) is 36.0 Å². The molecule has 21 heavy (non-hydrogen) atoms. The monoisotopic (exact) mass is 292 g/mol. The van der Waals surface area contributed by atoms with Gasteiger partial charge in [-0.05, 0) is 19.8 Å². The fourth-order valence-corrected chi connectivity index (χ4v) is 2.94. The lowest BCUT2D eigenvalue weighted by Gasteiger charge is -2.30. The minimum atomic E-state index is 0.161. The molecule has 5 nitrogen and oxygen atoms in total. The van der Waals surface area contributed by atoms with Gasteiger partial charge in [0.05, 0.1) is 6.61 Å². The molecule has 1 aromatic heterocycles. The maximum absolute atomic E-state index is 9.41. The van der Waals surface area contributed by atoms with E-state index >= 15 is 0 Å². The van der Waals surface area contributed by atoms with Crippen LogP contribution < -0.4 is 10.2 Å². The van der Waals surface area contributed by atoms with Crippen LogP contribution in [-0.4, -0.2) is 40.8 Å². The molecule has 0 spiro atoms. The van der Waals surface area contributed by atoms with Crippen molar-refractivity contribution in [3.8, 4) is 0 Å². The Kier molecular flexibility index (Phi) is 5.79. The highest BCUT2D eigenvalue weighted by Crippen LogP contribution is 2.28. The molecular weight excluding hydrogens is 264 g/mol. The Bertz CT molecular complexity index is 444. The largest absolute Gasteiger partial charge is 0.395 e. The third kappa shape index (κ3) is 4.06. The molecule has 1 fully saturated rings. The minimum absolute atomic E-state index is 0.161. The van der Waals surface area contributed by atoms with Crippen molar-refractivity contribution >= 4 is 11.6 Å². The Labute approximate surface area is 127 Å². The van der Waals surface area contributed by atoms with Crippen LogP contribution in [0.25, 0.3) is 0 Å². The van der Waals surface area contributed by atoms with Crippen LogP contribution in [0.4, 0.5) is 11.6 Å². The third-order valence-corrected chi connectivity index (χ3v) is 4.00. The van der Waals surface area contributed by atoms with Crippen molar-refractivity contribution in [1.82, 2.24) is 9.97 Å². The minimum Gasteiger partial charge on any atom is -0.395 e. The van der Waals surface area contributed by atoms with E-state index in [1.807, 2.05) is 6.07 Å². The van der Waals surface area contributed by atoms with Crippen molar-refractivity contribution in [1.29, 1.82) is 0 Å². The average Bonchev–Trinajstić information content (AvgIpc) is 2.98. The second-order valence-electron chi connectivity index (χ2n) is 6.01. The van der Waals surface area contributed by atoms with Crippen molar-refractivity contribution in [3.63, 3.8) is 0 Å². The second kappa shape index (κ2) is 7.59. The highest BCUT2D eigenvalue weighted by Gasteiger charge is 2.24. The van der Waals surface area contributed by atoms with E-state index in [0.29, 0.717) is 18.5 Å². The quantitative estimate of drug-likeness (QED) is 0.809. The van der Waals surface area contributed by atoms with Crippen LogP contribution in [0.5, 0.6) is 0 Å². The summed E-state index contributed by atoms with van der Waals surface area (Å²) >= 11 is 0. The van der Waals surface area contributed by atoms with Crippen LogP contribution in [0.3, 0.4) is 0 Å². The Morgan fingerprint density at radius 2 is 2.05 bits per heavy atom. The molecule has 5 heteroatoms. The Balaban J connectivity index is 2.32. The molecule has 2 N–H and O–H groups in total. The van der Waals surface area contributed by atoms with Gasteiger partial charge in [0.25, 0.3) is 0 Å². The van der Waals surface area contributed by atoms with E-state index in [4.69, 9.17) is 4.98 Å². The second-order valence-corrected chi connectivity index (χ2v) is 6.01. The van der Waals surface area contributed by atoms with Crippen molar-refractivity contribution in [3.05, 3.63) is 11.9 Å². The highest BCUT2D eigenvalue weighted by atomic mass is 16.3. The van der Waals surface area contributed by atoms with E-state index in [9.17, 15) is 5.11 Å². The molecule has 0 atom stereocenters. The number of aliphatic hydroxyl groups is 1. The SMILES string of the molecule is CCNc1cc(N(CCO)C2CCCC2)nc(C(C)C)n1. The first-order valence-electron chi connectivity index (χ1n) is 8.16. The molecule has 1 aliphatic rings.